The topological polar surface area (TPSA) is 44.8 Å². The number of rotatable bonds is 10. The Balaban J connectivity index is 2.97. The van der Waals surface area contributed by atoms with E-state index in [4.69, 9.17) is 13.3 Å². The number of thiophene rings is 1. The summed E-state index contributed by atoms with van der Waals surface area (Å²) in [5, 5.41) is 1.96. The molecule has 0 aliphatic heterocycles. The highest BCUT2D eigenvalue weighted by atomic mass is 32.1. The Morgan fingerprint density at radius 3 is 1.91 bits per heavy atom. The summed E-state index contributed by atoms with van der Waals surface area (Å²) in [6, 6.07) is 2.69. The van der Waals surface area contributed by atoms with Gasteiger partial charge in [0, 0.05) is 24.4 Å². The number of carbonyl (C=O) groups is 1. The molecule has 0 spiro atoms. The second-order valence-electron chi connectivity index (χ2n) is 6.51. The summed E-state index contributed by atoms with van der Waals surface area (Å²) < 4.78 is 18.5. The van der Waals surface area contributed by atoms with Crippen LogP contribution in [0, 0.1) is 0 Å². The first-order chi connectivity index (χ1) is 10.6. The first-order valence-electron chi connectivity index (χ1n) is 8.26. The van der Waals surface area contributed by atoms with Crippen molar-refractivity contribution in [2.75, 3.05) is 0 Å². The van der Waals surface area contributed by atoms with Crippen molar-refractivity contribution in [1.82, 2.24) is 0 Å². The Labute approximate surface area is 145 Å². The van der Waals surface area contributed by atoms with Gasteiger partial charge in [-0.2, -0.15) is 0 Å². The fourth-order valence-electron chi connectivity index (χ4n) is 2.47. The van der Waals surface area contributed by atoms with Crippen LogP contribution in [0.25, 0.3) is 0 Å². The summed E-state index contributed by atoms with van der Waals surface area (Å²) in [6.07, 6.45) is 0.841. The highest BCUT2D eigenvalue weighted by Crippen LogP contribution is 2.27. The van der Waals surface area contributed by atoms with Gasteiger partial charge < -0.3 is 13.3 Å². The van der Waals surface area contributed by atoms with Crippen molar-refractivity contribution in [3.63, 3.8) is 0 Å². The Kier molecular flexibility index (Phi) is 8.10. The van der Waals surface area contributed by atoms with Crippen LogP contribution in [0.2, 0.25) is 6.04 Å². The average Bonchev–Trinajstić information content (AvgIpc) is 2.82. The second-order valence-corrected chi connectivity index (χ2v) is 10.0. The van der Waals surface area contributed by atoms with Gasteiger partial charge in [-0.1, -0.05) is 0 Å². The van der Waals surface area contributed by atoms with Crippen LogP contribution in [0.5, 0.6) is 0 Å². The largest absolute Gasteiger partial charge is 0.501 e. The molecule has 132 valence electrons. The molecule has 4 nitrogen and oxygen atoms in total. The highest BCUT2D eigenvalue weighted by molar-refractivity contribution is 7.12. The molecule has 0 aliphatic rings. The van der Waals surface area contributed by atoms with Gasteiger partial charge in [0.2, 0.25) is 0 Å². The molecule has 6 heteroatoms. The van der Waals surface area contributed by atoms with Crippen LogP contribution in [-0.2, 0) is 19.7 Å². The van der Waals surface area contributed by atoms with E-state index in [0.717, 1.165) is 16.9 Å². The lowest BCUT2D eigenvalue weighted by Crippen LogP contribution is -2.51. The van der Waals surface area contributed by atoms with Crippen LogP contribution in [-0.4, -0.2) is 32.9 Å². The molecule has 0 amide bonds. The summed E-state index contributed by atoms with van der Waals surface area (Å²) in [7, 11) is -2.81. The Hall–Kier alpha value is -0.533. The molecule has 1 aromatic heterocycles. The zero-order chi connectivity index (χ0) is 17.6. The summed E-state index contributed by atoms with van der Waals surface area (Å²) in [4.78, 5) is 12.5. The predicted molar refractivity (Wildman–Crippen MR) is 97.3 cm³/mol. The highest BCUT2D eigenvalue weighted by Gasteiger charge is 2.44. The van der Waals surface area contributed by atoms with Crippen molar-refractivity contribution >= 4 is 25.9 Å². The van der Waals surface area contributed by atoms with Crippen LogP contribution in [0.15, 0.2) is 11.4 Å². The SMILES string of the molecule is CC(=O)c1sccc1CC[Si](OC(C)C)(OC(C)C)OC(C)C. The third kappa shape index (κ3) is 6.85. The number of hydrogen-bond acceptors (Lipinski definition) is 5. The molecular formula is C17H30O4SSi. The summed E-state index contributed by atoms with van der Waals surface area (Å²) >= 11 is 1.49. The van der Waals surface area contributed by atoms with E-state index >= 15 is 0 Å². The second kappa shape index (κ2) is 9.08. The van der Waals surface area contributed by atoms with Gasteiger partial charge >= 0.3 is 8.80 Å². The number of carbonyl (C=O) groups excluding carboxylic acids is 1. The molecule has 23 heavy (non-hydrogen) atoms. The number of ketones is 1. The third-order valence-electron chi connectivity index (χ3n) is 3.01. The van der Waals surface area contributed by atoms with Crippen molar-refractivity contribution in [1.29, 1.82) is 0 Å². The lowest BCUT2D eigenvalue weighted by molar-refractivity contribution is 0.00328. The summed E-state index contributed by atoms with van der Waals surface area (Å²) in [6.45, 7) is 13.6. The van der Waals surface area contributed by atoms with E-state index in [1.165, 1.54) is 11.3 Å². The average molecular weight is 359 g/mol. The van der Waals surface area contributed by atoms with Gasteiger partial charge in [-0.05, 0) is 71.9 Å². The standard InChI is InChI=1S/C17H30O4SSi/c1-12(2)19-23(20-13(3)4,21-14(5)6)11-9-16-8-10-22-17(16)15(7)18/h8,10,12-14H,9,11H2,1-7H3. The van der Waals surface area contributed by atoms with Crippen molar-refractivity contribution in [3.05, 3.63) is 21.9 Å². The minimum Gasteiger partial charge on any atom is -0.371 e. The molecule has 0 radical (unpaired) electrons. The first-order valence-corrected chi connectivity index (χ1v) is 11.1. The van der Waals surface area contributed by atoms with Crippen molar-refractivity contribution < 1.29 is 18.1 Å². The van der Waals surface area contributed by atoms with Gasteiger partial charge in [-0.3, -0.25) is 4.79 Å². The van der Waals surface area contributed by atoms with E-state index in [0.29, 0.717) is 6.04 Å². The Morgan fingerprint density at radius 1 is 1.04 bits per heavy atom. The van der Waals surface area contributed by atoms with E-state index in [1.54, 1.807) is 6.92 Å². The van der Waals surface area contributed by atoms with Crippen LogP contribution in [0.3, 0.4) is 0 Å². The molecule has 0 unspecified atom stereocenters. The maximum absolute atomic E-state index is 11.7. The minimum absolute atomic E-state index is 0.0360. The van der Waals surface area contributed by atoms with E-state index in [2.05, 4.69) is 0 Å². The van der Waals surface area contributed by atoms with Gasteiger partial charge in [0.25, 0.3) is 0 Å². The molecule has 1 heterocycles. The molecule has 1 rings (SSSR count). The smallest absolute Gasteiger partial charge is 0.371 e. The van der Waals surface area contributed by atoms with Gasteiger partial charge in [0.1, 0.15) is 0 Å². The number of Topliss-reactive ketones (excluding diaryl/α,β-unsaturated/α-hetero) is 1. The van der Waals surface area contributed by atoms with Gasteiger partial charge in [0.15, 0.2) is 5.78 Å². The van der Waals surface area contributed by atoms with Crippen molar-refractivity contribution in [2.45, 2.75) is 79.2 Å². The van der Waals surface area contributed by atoms with E-state index in [-0.39, 0.29) is 24.1 Å². The van der Waals surface area contributed by atoms with Crippen LogP contribution < -0.4 is 0 Å². The first kappa shape index (κ1) is 20.5. The Bertz CT molecular complexity index is 470. The molecule has 1 aromatic rings. The molecule has 0 atom stereocenters. The molecular weight excluding hydrogens is 328 g/mol. The van der Waals surface area contributed by atoms with Crippen LogP contribution in [0.1, 0.15) is 63.7 Å². The maximum Gasteiger partial charge on any atom is 0.501 e. The molecule has 0 saturated heterocycles. The number of hydrogen-bond donors (Lipinski definition) is 0. The van der Waals surface area contributed by atoms with E-state index in [9.17, 15) is 4.79 Å². The molecule has 0 bridgehead atoms. The monoisotopic (exact) mass is 358 g/mol. The maximum atomic E-state index is 11.7. The third-order valence-corrected chi connectivity index (χ3v) is 7.42. The minimum atomic E-state index is -2.81. The quantitative estimate of drug-likeness (QED) is 0.449. The predicted octanol–water partition coefficient (Wildman–Crippen LogP) is 4.71. The normalized spacial score (nSPS) is 12.6. The summed E-state index contributed by atoms with van der Waals surface area (Å²) in [5.41, 5.74) is 1.06. The molecule has 0 N–H and O–H groups in total. The van der Waals surface area contributed by atoms with E-state index < -0.39 is 8.80 Å². The molecule has 0 saturated carbocycles. The van der Waals surface area contributed by atoms with Crippen LogP contribution in [0.4, 0.5) is 0 Å². The van der Waals surface area contributed by atoms with Gasteiger partial charge in [0.05, 0.1) is 4.88 Å². The van der Waals surface area contributed by atoms with Gasteiger partial charge in [-0.15, -0.1) is 11.3 Å². The molecule has 0 aliphatic carbocycles. The Morgan fingerprint density at radius 2 is 1.52 bits per heavy atom. The van der Waals surface area contributed by atoms with Crippen molar-refractivity contribution in [3.8, 4) is 0 Å². The zero-order valence-electron chi connectivity index (χ0n) is 15.3. The molecule has 0 aromatic carbocycles. The summed E-state index contributed by atoms with van der Waals surface area (Å²) in [5.74, 6) is 0.113. The fraction of sp³-hybridized carbons (Fsp3) is 0.706. The fourth-order valence-corrected chi connectivity index (χ4v) is 6.57. The number of aryl methyl sites for hydroxylation is 1. The lowest BCUT2D eigenvalue weighted by Gasteiger charge is -2.34. The lowest BCUT2D eigenvalue weighted by atomic mass is 10.2. The van der Waals surface area contributed by atoms with Crippen LogP contribution >= 0.6 is 11.3 Å². The van der Waals surface area contributed by atoms with E-state index in [1.807, 2.05) is 53.0 Å². The zero-order valence-corrected chi connectivity index (χ0v) is 17.2. The van der Waals surface area contributed by atoms with Crippen molar-refractivity contribution in [2.24, 2.45) is 0 Å². The molecule has 0 fully saturated rings. The van der Waals surface area contributed by atoms with Gasteiger partial charge in [-0.25, -0.2) is 0 Å².